The van der Waals surface area contributed by atoms with E-state index in [2.05, 4.69) is 66.0 Å². The highest BCUT2D eigenvalue weighted by Gasteiger charge is 2.64. The van der Waals surface area contributed by atoms with Crippen molar-refractivity contribution in [3.05, 3.63) is 47.6 Å². The summed E-state index contributed by atoms with van der Waals surface area (Å²) in [6.45, 7) is 22.8. The van der Waals surface area contributed by atoms with Crippen LogP contribution in [0.5, 0.6) is 0 Å². The van der Waals surface area contributed by atoms with E-state index in [1.54, 1.807) is 0 Å². The summed E-state index contributed by atoms with van der Waals surface area (Å²) in [5, 5.41) is 20.1. The summed E-state index contributed by atoms with van der Waals surface area (Å²) in [4.78, 5) is 12.3. The van der Waals surface area contributed by atoms with Crippen molar-refractivity contribution in [3.63, 3.8) is 0 Å². The normalized spacial score (nSPS) is 48.3. The summed E-state index contributed by atoms with van der Waals surface area (Å²) in [6, 6.07) is 2.46. The van der Waals surface area contributed by atoms with E-state index in [9.17, 15) is 15.2 Å². The van der Waals surface area contributed by atoms with Gasteiger partial charge in [-0.1, -0.05) is 71.1 Å². The predicted molar refractivity (Wildman–Crippen MR) is 140 cm³/mol. The maximum Gasteiger partial charge on any atom is 0.309 e. The van der Waals surface area contributed by atoms with Gasteiger partial charge in [-0.25, -0.2) is 0 Å². The molecule has 35 heavy (non-hydrogen) atoms. The number of carboxylic acids is 1. The van der Waals surface area contributed by atoms with Gasteiger partial charge in [0.05, 0.1) is 17.1 Å². The molecule has 1 N–H and O–H groups in total. The van der Waals surface area contributed by atoms with Crippen LogP contribution >= 0.6 is 0 Å². The number of carboxylic acid groups (broad SMARTS) is 1. The van der Waals surface area contributed by atoms with Crippen LogP contribution in [0.2, 0.25) is 0 Å². The first-order chi connectivity index (χ1) is 16.1. The van der Waals surface area contributed by atoms with Crippen molar-refractivity contribution in [2.45, 2.75) is 86.5 Å². The van der Waals surface area contributed by atoms with Gasteiger partial charge in [0.2, 0.25) is 0 Å². The SMILES string of the molecule is C=C1C=C2C3(C)C=C(C#N)C(=C)C(C)(C)C3CCC2(C)C2CCC3(C)CC[C@](C)(C(=O)O)CC3C12. The number of aliphatic carboxylic acids is 1. The number of fused-ring (bicyclic) bond motifs is 7. The van der Waals surface area contributed by atoms with Gasteiger partial charge in [-0.05, 0) is 97.4 Å². The second-order valence-electron chi connectivity index (χ2n) is 14.3. The highest BCUT2D eigenvalue weighted by Crippen LogP contribution is 2.72. The molecule has 5 aliphatic carbocycles. The molecule has 3 saturated carbocycles. The van der Waals surface area contributed by atoms with Crippen molar-refractivity contribution in [1.29, 1.82) is 5.26 Å². The lowest BCUT2D eigenvalue weighted by Crippen LogP contribution is -2.58. The molecular formula is C32H43NO2. The molecule has 0 spiro atoms. The number of nitriles is 1. The van der Waals surface area contributed by atoms with Crippen molar-refractivity contribution >= 4 is 5.97 Å². The molecule has 0 aliphatic heterocycles. The molecule has 0 saturated heterocycles. The smallest absolute Gasteiger partial charge is 0.309 e. The summed E-state index contributed by atoms with van der Waals surface area (Å²) < 4.78 is 0. The second kappa shape index (κ2) is 7.24. The number of nitrogens with zero attached hydrogens (tertiary/aromatic N) is 1. The summed E-state index contributed by atoms with van der Waals surface area (Å²) >= 11 is 0. The van der Waals surface area contributed by atoms with Gasteiger partial charge < -0.3 is 5.11 Å². The molecule has 0 aromatic heterocycles. The summed E-state index contributed by atoms with van der Waals surface area (Å²) in [6.07, 6.45) is 11.8. The van der Waals surface area contributed by atoms with Crippen LogP contribution in [0.1, 0.15) is 86.5 Å². The fourth-order valence-electron chi connectivity index (χ4n) is 9.82. The first-order valence-electron chi connectivity index (χ1n) is 13.6. The average Bonchev–Trinajstić information content (AvgIpc) is 2.78. The Hall–Kier alpha value is -2.08. The van der Waals surface area contributed by atoms with Crippen LogP contribution in [0.15, 0.2) is 47.6 Å². The Morgan fingerprint density at radius 1 is 1.03 bits per heavy atom. The van der Waals surface area contributed by atoms with Crippen LogP contribution in [0.4, 0.5) is 0 Å². The maximum atomic E-state index is 12.3. The zero-order valence-corrected chi connectivity index (χ0v) is 22.6. The molecule has 3 nitrogen and oxygen atoms in total. The highest BCUT2D eigenvalue weighted by atomic mass is 16.4. The first-order valence-corrected chi connectivity index (χ1v) is 13.6. The molecule has 188 valence electrons. The number of rotatable bonds is 1. The molecule has 3 heteroatoms. The van der Waals surface area contributed by atoms with Crippen LogP contribution in [0.3, 0.4) is 0 Å². The van der Waals surface area contributed by atoms with Crippen molar-refractivity contribution < 1.29 is 9.90 Å². The van der Waals surface area contributed by atoms with E-state index in [1.807, 2.05) is 6.92 Å². The molecule has 0 amide bonds. The molecule has 0 heterocycles. The van der Waals surface area contributed by atoms with E-state index < -0.39 is 11.4 Å². The largest absolute Gasteiger partial charge is 0.481 e. The van der Waals surface area contributed by atoms with Crippen LogP contribution in [-0.2, 0) is 4.79 Å². The summed E-state index contributed by atoms with van der Waals surface area (Å²) in [5.74, 6) is 0.942. The lowest BCUT2D eigenvalue weighted by Gasteiger charge is -2.66. The van der Waals surface area contributed by atoms with Gasteiger partial charge in [0, 0.05) is 5.41 Å². The maximum absolute atomic E-state index is 12.3. The number of carbonyl (C=O) groups is 1. The highest BCUT2D eigenvalue weighted by molar-refractivity contribution is 5.74. The Labute approximate surface area is 212 Å². The summed E-state index contributed by atoms with van der Waals surface area (Å²) in [5.41, 5.74) is 3.65. The zero-order chi connectivity index (χ0) is 25.8. The Balaban J connectivity index is 1.63. The van der Waals surface area contributed by atoms with Gasteiger partial charge >= 0.3 is 5.97 Å². The van der Waals surface area contributed by atoms with E-state index in [1.165, 1.54) is 24.0 Å². The third-order valence-corrected chi connectivity index (χ3v) is 12.2. The molecule has 7 unspecified atom stereocenters. The molecule has 0 bridgehead atoms. The van der Waals surface area contributed by atoms with E-state index in [-0.39, 0.29) is 21.7 Å². The molecule has 5 aliphatic rings. The van der Waals surface area contributed by atoms with Gasteiger partial charge in [0.1, 0.15) is 0 Å². The minimum atomic E-state index is -0.641. The average molecular weight is 474 g/mol. The molecular weight excluding hydrogens is 430 g/mol. The molecule has 0 aromatic carbocycles. The molecule has 0 aromatic rings. The van der Waals surface area contributed by atoms with E-state index in [4.69, 9.17) is 0 Å². The van der Waals surface area contributed by atoms with E-state index >= 15 is 0 Å². The Morgan fingerprint density at radius 2 is 1.71 bits per heavy atom. The van der Waals surface area contributed by atoms with Crippen LogP contribution in [-0.4, -0.2) is 11.1 Å². The van der Waals surface area contributed by atoms with Gasteiger partial charge in [-0.15, -0.1) is 0 Å². The molecule has 5 rings (SSSR count). The van der Waals surface area contributed by atoms with Gasteiger partial charge in [-0.2, -0.15) is 5.26 Å². The third kappa shape index (κ3) is 3.04. The van der Waals surface area contributed by atoms with Crippen LogP contribution < -0.4 is 0 Å². The van der Waals surface area contributed by atoms with Crippen molar-refractivity contribution in [2.75, 3.05) is 0 Å². The van der Waals surface area contributed by atoms with Crippen molar-refractivity contribution in [1.82, 2.24) is 0 Å². The summed E-state index contributed by atoms with van der Waals surface area (Å²) in [7, 11) is 0. The monoisotopic (exact) mass is 473 g/mol. The quantitative estimate of drug-likeness (QED) is 0.421. The predicted octanol–water partition coefficient (Wildman–Crippen LogP) is 7.87. The lowest BCUT2D eigenvalue weighted by molar-refractivity contribution is -0.158. The van der Waals surface area contributed by atoms with Crippen LogP contribution in [0, 0.1) is 62.1 Å². The molecule has 3 fully saturated rings. The zero-order valence-electron chi connectivity index (χ0n) is 22.6. The number of hydrogen-bond acceptors (Lipinski definition) is 2. The van der Waals surface area contributed by atoms with Gasteiger partial charge in [0.15, 0.2) is 0 Å². The topological polar surface area (TPSA) is 61.1 Å². The third-order valence-electron chi connectivity index (χ3n) is 12.2. The number of allylic oxidation sites excluding steroid dienone is 6. The lowest BCUT2D eigenvalue weighted by atomic mass is 9.38. The second-order valence-corrected chi connectivity index (χ2v) is 14.3. The van der Waals surface area contributed by atoms with Crippen molar-refractivity contribution in [2.24, 2.45) is 50.7 Å². The fourth-order valence-corrected chi connectivity index (χ4v) is 9.82. The molecule has 0 radical (unpaired) electrons. The van der Waals surface area contributed by atoms with E-state index in [0.717, 1.165) is 43.3 Å². The number of hydrogen-bond donors (Lipinski definition) is 1. The van der Waals surface area contributed by atoms with Gasteiger partial charge in [0.25, 0.3) is 0 Å². The minimum absolute atomic E-state index is 0.0430. The van der Waals surface area contributed by atoms with Crippen LogP contribution in [0.25, 0.3) is 0 Å². The van der Waals surface area contributed by atoms with Gasteiger partial charge in [-0.3, -0.25) is 4.79 Å². The fraction of sp³-hybridized carbons (Fsp3) is 0.688. The van der Waals surface area contributed by atoms with E-state index in [0.29, 0.717) is 23.7 Å². The Bertz CT molecular complexity index is 1130. The Morgan fingerprint density at radius 3 is 2.34 bits per heavy atom. The molecule has 8 atom stereocenters. The Kier molecular flexibility index (Phi) is 5.09. The standard InChI is InChI=1S/C32H43NO2/c1-19-15-25-31(7,12-10-24-28(3,4)20(2)21(18-33)16-32(24,25)8)22-9-11-29(5)13-14-30(6,27(34)35)17-23(29)26(19)22/h15-16,22-24,26H,1-2,9-14,17H2,3-8H3,(H,34,35)/t22?,23?,24?,26?,29?,30-,31?,32?/m0/s1. The van der Waals surface area contributed by atoms with Crippen molar-refractivity contribution in [3.8, 4) is 6.07 Å². The minimum Gasteiger partial charge on any atom is -0.481 e. The first kappa shape index (κ1) is 24.6.